The Bertz CT molecular complexity index is 855. The first-order valence-electron chi connectivity index (χ1n) is 9.00. The fraction of sp³-hybridized carbons (Fsp3) is 0.350. The molecule has 0 spiro atoms. The van der Waals surface area contributed by atoms with Gasteiger partial charge in [0.1, 0.15) is 11.3 Å². The topological polar surface area (TPSA) is 80.6 Å². The van der Waals surface area contributed by atoms with Crippen LogP contribution < -0.4 is 15.6 Å². The molecule has 2 amide bonds. The molecule has 2 heterocycles. The van der Waals surface area contributed by atoms with Gasteiger partial charge >= 0.3 is 6.09 Å². The number of piperidine rings is 1. The Balaban J connectivity index is 1.45. The zero-order valence-electron chi connectivity index (χ0n) is 15.3. The Labute approximate surface area is 157 Å². The highest BCUT2D eigenvalue weighted by Crippen LogP contribution is 2.18. The molecule has 1 fully saturated rings. The highest BCUT2D eigenvalue weighted by atomic mass is 16.6. The van der Waals surface area contributed by atoms with Gasteiger partial charge in [0.15, 0.2) is 0 Å². The molecule has 3 rings (SSSR count). The van der Waals surface area contributed by atoms with E-state index in [1.54, 1.807) is 36.3 Å². The summed E-state index contributed by atoms with van der Waals surface area (Å²) in [5.74, 6) is 0.436. The van der Waals surface area contributed by atoms with Crippen molar-refractivity contribution in [1.29, 1.82) is 0 Å². The van der Waals surface area contributed by atoms with Crippen molar-refractivity contribution in [3.63, 3.8) is 0 Å². The average molecular weight is 369 g/mol. The van der Waals surface area contributed by atoms with Crippen LogP contribution >= 0.6 is 0 Å². The minimum absolute atomic E-state index is 0.142. The number of hydrogen-bond acceptors (Lipinski definition) is 4. The second kappa shape index (κ2) is 8.53. The number of carbonyl (C=O) groups excluding carboxylic acids is 2. The van der Waals surface area contributed by atoms with Gasteiger partial charge < -0.3 is 19.5 Å². The van der Waals surface area contributed by atoms with E-state index in [4.69, 9.17) is 4.74 Å². The monoisotopic (exact) mass is 369 g/mol. The molecular formula is C20H23N3O4. The number of ether oxygens (including phenoxy) is 1. The van der Waals surface area contributed by atoms with E-state index in [-0.39, 0.29) is 29.0 Å². The van der Waals surface area contributed by atoms with E-state index in [0.717, 1.165) is 12.8 Å². The summed E-state index contributed by atoms with van der Waals surface area (Å²) in [6, 6.07) is 12.2. The van der Waals surface area contributed by atoms with Gasteiger partial charge in [0.05, 0.1) is 0 Å². The number of carbonyl (C=O) groups is 2. The van der Waals surface area contributed by atoms with Crippen molar-refractivity contribution in [3.8, 4) is 5.75 Å². The summed E-state index contributed by atoms with van der Waals surface area (Å²) in [6.45, 7) is 1.65. The fourth-order valence-electron chi connectivity index (χ4n) is 3.08. The van der Waals surface area contributed by atoms with Crippen molar-refractivity contribution in [3.05, 3.63) is 64.6 Å². The Morgan fingerprint density at radius 1 is 1.11 bits per heavy atom. The van der Waals surface area contributed by atoms with Crippen LogP contribution in [0.4, 0.5) is 4.79 Å². The summed E-state index contributed by atoms with van der Waals surface area (Å²) in [7, 11) is 1.61. The van der Waals surface area contributed by atoms with Crippen molar-refractivity contribution in [2.24, 2.45) is 13.0 Å². The predicted octanol–water partition coefficient (Wildman–Crippen LogP) is 2.03. The van der Waals surface area contributed by atoms with E-state index in [1.165, 1.54) is 10.6 Å². The molecule has 1 N–H and O–H groups in total. The molecule has 0 saturated carbocycles. The zero-order valence-corrected chi connectivity index (χ0v) is 15.3. The molecule has 2 aromatic rings. The molecule has 1 aromatic heterocycles. The molecule has 0 unspecified atom stereocenters. The van der Waals surface area contributed by atoms with E-state index in [1.807, 2.05) is 18.2 Å². The maximum atomic E-state index is 12.2. The van der Waals surface area contributed by atoms with Crippen LogP contribution in [0, 0.1) is 5.92 Å². The van der Waals surface area contributed by atoms with Crippen LogP contribution in [0.25, 0.3) is 0 Å². The summed E-state index contributed by atoms with van der Waals surface area (Å²) in [6.07, 6.45) is 2.81. The van der Waals surface area contributed by atoms with Crippen molar-refractivity contribution >= 4 is 12.0 Å². The highest BCUT2D eigenvalue weighted by Gasteiger charge is 2.24. The minimum Gasteiger partial charge on any atom is -0.410 e. The SMILES string of the molecule is Cn1cccc(C(=O)NCC2CCN(C(=O)Oc3ccccc3)CC2)c1=O. The molecule has 0 bridgehead atoms. The number of benzene rings is 1. The van der Waals surface area contributed by atoms with Gasteiger partial charge in [0.2, 0.25) is 0 Å². The third kappa shape index (κ3) is 4.75. The van der Waals surface area contributed by atoms with Crippen LogP contribution in [0.15, 0.2) is 53.5 Å². The Kier molecular flexibility index (Phi) is 5.90. The number of nitrogens with zero attached hydrogens (tertiary/aromatic N) is 2. The Morgan fingerprint density at radius 3 is 2.52 bits per heavy atom. The third-order valence-corrected chi connectivity index (χ3v) is 4.74. The summed E-state index contributed by atoms with van der Waals surface area (Å²) >= 11 is 0. The highest BCUT2D eigenvalue weighted by molar-refractivity contribution is 5.93. The molecule has 27 heavy (non-hydrogen) atoms. The lowest BCUT2D eigenvalue weighted by atomic mass is 9.97. The minimum atomic E-state index is -0.359. The second-order valence-electron chi connectivity index (χ2n) is 6.66. The second-order valence-corrected chi connectivity index (χ2v) is 6.66. The van der Waals surface area contributed by atoms with Crippen LogP contribution in [0.5, 0.6) is 5.75 Å². The first-order valence-corrected chi connectivity index (χ1v) is 9.00. The Morgan fingerprint density at radius 2 is 1.81 bits per heavy atom. The van der Waals surface area contributed by atoms with Gasteiger partial charge in [-0.1, -0.05) is 18.2 Å². The first-order chi connectivity index (χ1) is 13.0. The molecule has 1 aliphatic heterocycles. The van der Waals surface area contributed by atoms with Crippen molar-refractivity contribution < 1.29 is 14.3 Å². The van der Waals surface area contributed by atoms with E-state index >= 15 is 0 Å². The third-order valence-electron chi connectivity index (χ3n) is 4.74. The van der Waals surface area contributed by atoms with Crippen molar-refractivity contribution in [2.75, 3.05) is 19.6 Å². The molecule has 1 saturated heterocycles. The van der Waals surface area contributed by atoms with E-state index in [9.17, 15) is 14.4 Å². The number of aryl methyl sites for hydroxylation is 1. The van der Waals surface area contributed by atoms with Gasteiger partial charge in [-0.15, -0.1) is 0 Å². The number of nitrogens with one attached hydrogen (secondary N) is 1. The number of hydrogen-bond donors (Lipinski definition) is 1. The van der Waals surface area contributed by atoms with Crippen LogP contribution in [-0.2, 0) is 7.05 Å². The number of likely N-dealkylation sites (tertiary alicyclic amines) is 1. The largest absolute Gasteiger partial charge is 0.415 e. The molecule has 7 nitrogen and oxygen atoms in total. The van der Waals surface area contributed by atoms with Crippen LogP contribution in [0.3, 0.4) is 0 Å². The smallest absolute Gasteiger partial charge is 0.410 e. The van der Waals surface area contributed by atoms with E-state index in [2.05, 4.69) is 5.32 Å². The molecule has 0 atom stereocenters. The molecular weight excluding hydrogens is 346 g/mol. The number of rotatable bonds is 4. The summed E-state index contributed by atoms with van der Waals surface area (Å²) in [5.41, 5.74) is -0.169. The standard InChI is InChI=1S/C20H23N3O4/c1-22-11-5-8-17(19(22)25)18(24)21-14-15-9-12-23(13-10-15)20(26)27-16-6-3-2-4-7-16/h2-8,11,15H,9-10,12-14H2,1H3,(H,21,24). The number of amides is 2. The van der Waals surface area contributed by atoms with Crippen molar-refractivity contribution in [1.82, 2.24) is 14.8 Å². The van der Waals surface area contributed by atoms with E-state index < -0.39 is 0 Å². The molecule has 0 aliphatic carbocycles. The van der Waals surface area contributed by atoms with Gasteiger partial charge in [-0.2, -0.15) is 0 Å². The molecule has 0 radical (unpaired) electrons. The lowest BCUT2D eigenvalue weighted by molar-refractivity contribution is 0.0929. The van der Waals surface area contributed by atoms with Gasteiger partial charge in [0, 0.05) is 32.9 Å². The quantitative estimate of drug-likeness (QED) is 0.894. The number of pyridine rings is 1. The fourth-order valence-corrected chi connectivity index (χ4v) is 3.08. The number of aromatic nitrogens is 1. The average Bonchev–Trinajstić information content (AvgIpc) is 2.69. The van der Waals surface area contributed by atoms with Gasteiger partial charge in [-0.25, -0.2) is 4.79 Å². The normalized spacial score (nSPS) is 14.6. The summed E-state index contributed by atoms with van der Waals surface area (Å²) in [4.78, 5) is 38.1. The van der Waals surface area contributed by atoms with Crippen LogP contribution in [-0.4, -0.2) is 41.1 Å². The summed E-state index contributed by atoms with van der Waals surface area (Å²) < 4.78 is 6.73. The van der Waals surface area contributed by atoms with Crippen LogP contribution in [0.1, 0.15) is 23.2 Å². The lowest BCUT2D eigenvalue weighted by Gasteiger charge is -2.31. The number of para-hydroxylation sites is 1. The predicted molar refractivity (Wildman–Crippen MR) is 101 cm³/mol. The van der Waals surface area contributed by atoms with Crippen LogP contribution in [0.2, 0.25) is 0 Å². The van der Waals surface area contributed by atoms with Gasteiger partial charge in [-0.05, 0) is 43.0 Å². The maximum Gasteiger partial charge on any atom is 0.415 e. The van der Waals surface area contributed by atoms with E-state index in [0.29, 0.717) is 25.4 Å². The molecule has 142 valence electrons. The van der Waals surface area contributed by atoms with Gasteiger partial charge in [0.25, 0.3) is 11.5 Å². The molecule has 1 aromatic carbocycles. The molecule has 7 heteroatoms. The maximum absolute atomic E-state index is 12.2. The van der Waals surface area contributed by atoms with Gasteiger partial charge in [-0.3, -0.25) is 9.59 Å². The van der Waals surface area contributed by atoms with Crippen molar-refractivity contribution in [2.45, 2.75) is 12.8 Å². The Hall–Kier alpha value is -3.09. The zero-order chi connectivity index (χ0) is 19.2. The first kappa shape index (κ1) is 18.7. The lowest BCUT2D eigenvalue weighted by Crippen LogP contribution is -2.43. The summed E-state index contributed by atoms with van der Waals surface area (Å²) in [5, 5.41) is 2.83. The molecule has 1 aliphatic rings.